The molecule has 1 fully saturated rings. The molecule has 2 aromatic carbocycles. The van der Waals surface area contributed by atoms with E-state index in [0.29, 0.717) is 12.0 Å². The van der Waals surface area contributed by atoms with Gasteiger partial charge in [-0.1, -0.05) is 13.0 Å². The first-order valence-corrected chi connectivity index (χ1v) is 11.4. The summed E-state index contributed by atoms with van der Waals surface area (Å²) in [5, 5.41) is 21.3. The molecule has 0 bridgehead atoms. The fourth-order valence-corrected chi connectivity index (χ4v) is 5.27. The van der Waals surface area contributed by atoms with E-state index in [-0.39, 0.29) is 36.2 Å². The zero-order valence-corrected chi connectivity index (χ0v) is 18.0. The monoisotopic (exact) mass is 458 g/mol. The number of aryl methyl sites for hydroxylation is 2. The summed E-state index contributed by atoms with van der Waals surface area (Å²) in [7, 11) is -4.14. The van der Waals surface area contributed by atoms with Gasteiger partial charge in [0.15, 0.2) is 11.6 Å². The van der Waals surface area contributed by atoms with Crippen molar-refractivity contribution >= 4 is 27.1 Å². The van der Waals surface area contributed by atoms with E-state index >= 15 is 0 Å². The molecule has 4 N–H and O–H groups in total. The van der Waals surface area contributed by atoms with Crippen molar-refractivity contribution < 1.29 is 31.8 Å². The van der Waals surface area contributed by atoms with Gasteiger partial charge in [0.05, 0.1) is 28.8 Å². The molecule has 0 aromatic heterocycles. The molecule has 31 heavy (non-hydrogen) atoms. The minimum absolute atomic E-state index is 0.0917. The van der Waals surface area contributed by atoms with Crippen molar-refractivity contribution in [3.05, 3.63) is 52.8 Å². The van der Waals surface area contributed by atoms with Crippen LogP contribution in [0.5, 0.6) is 0 Å². The molecule has 2 aromatic rings. The van der Waals surface area contributed by atoms with E-state index in [0.717, 1.165) is 6.07 Å². The Balaban J connectivity index is 2.01. The second-order valence-electron chi connectivity index (χ2n) is 7.86. The Bertz CT molecular complexity index is 1090. The number of anilines is 3. The van der Waals surface area contributed by atoms with Crippen molar-refractivity contribution in [2.75, 3.05) is 16.6 Å². The maximum atomic E-state index is 14.7. The number of sulfonamides is 1. The number of halogens is 3. The molecule has 3 rings (SSSR count). The topological polar surface area (TPSA) is 98.7 Å². The lowest BCUT2D eigenvalue weighted by atomic mass is 10.1. The van der Waals surface area contributed by atoms with Gasteiger partial charge in [-0.2, -0.15) is 0 Å². The SMILES string of the molecule is CCc1ccc(Nc2c(F)c(F)cc(C)c2NS(=O)(=O)C2(CC(O)CO)CC2)c(F)c1. The van der Waals surface area contributed by atoms with E-state index < -0.39 is 50.6 Å². The smallest absolute Gasteiger partial charge is 0.238 e. The van der Waals surface area contributed by atoms with Gasteiger partial charge in [0, 0.05) is 0 Å². The maximum Gasteiger partial charge on any atom is 0.238 e. The lowest BCUT2D eigenvalue weighted by molar-refractivity contribution is 0.0858. The average Bonchev–Trinajstić information content (AvgIpc) is 3.51. The van der Waals surface area contributed by atoms with Crippen LogP contribution in [0.2, 0.25) is 0 Å². The van der Waals surface area contributed by atoms with Crippen LogP contribution < -0.4 is 10.0 Å². The molecule has 1 saturated carbocycles. The second kappa shape index (κ2) is 8.68. The van der Waals surface area contributed by atoms with E-state index in [2.05, 4.69) is 10.0 Å². The van der Waals surface area contributed by atoms with Crippen LogP contribution >= 0.6 is 0 Å². The van der Waals surface area contributed by atoms with Gasteiger partial charge in [-0.15, -0.1) is 0 Å². The number of aliphatic hydroxyl groups excluding tert-OH is 2. The first kappa shape index (κ1) is 23.4. The molecular formula is C21H25F3N2O4S. The Hall–Kier alpha value is -2.30. The highest BCUT2D eigenvalue weighted by Crippen LogP contribution is 2.49. The predicted octanol–water partition coefficient (Wildman–Crippen LogP) is 3.74. The Morgan fingerprint density at radius 1 is 1.13 bits per heavy atom. The number of hydrogen-bond donors (Lipinski definition) is 4. The molecule has 10 heteroatoms. The van der Waals surface area contributed by atoms with Crippen LogP contribution in [-0.2, 0) is 16.4 Å². The Labute approximate surface area is 179 Å². The molecular weight excluding hydrogens is 433 g/mol. The van der Waals surface area contributed by atoms with Gasteiger partial charge in [0.25, 0.3) is 0 Å². The lowest BCUT2D eigenvalue weighted by Crippen LogP contribution is -2.34. The van der Waals surface area contributed by atoms with Crippen molar-refractivity contribution in [3.63, 3.8) is 0 Å². The van der Waals surface area contributed by atoms with Crippen LogP contribution in [0.15, 0.2) is 24.3 Å². The molecule has 0 spiro atoms. The van der Waals surface area contributed by atoms with E-state index in [9.17, 15) is 26.7 Å². The second-order valence-corrected chi connectivity index (χ2v) is 9.94. The summed E-state index contributed by atoms with van der Waals surface area (Å²) in [6.07, 6.45) is -0.348. The van der Waals surface area contributed by atoms with E-state index in [4.69, 9.17) is 5.11 Å². The third-order valence-electron chi connectivity index (χ3n) is 5.55. The highest BCUT2D eigenvalue weighted by atomic mass is 32.2. The van der Waals surface area contributed by atoms with Gasteiger partial charge in [-0.25, -0.2) is 21.6 Å². The van der Waals surface area contributed by atoms with Crippen molar-refractivity contribution in [2.24, 2.45) is 0 Å². The van der Waals surface area contributed by atoms with Crippen LogP contribution in [0.1, 0.15) is 37.3 Å². The van der Waals surface area contributed by atoms with Crippen LogP contribution in [0.25, 0.3) is 0 Å². The van der Waals surface area contributed by atoms with Crippen LogP contribution in [-0.4, -0.2) is 36.1 Å². The van der Waals surface area contributed by atoms with Crippen LogP contribution in [0, 0.1) is 24.4 Å². The standard InChI is InChI=1S/C21H25F3N2O4S/c1-3-13-4-5-17(15(22)9-13)25-20-18(24)16(23)8-12(2)19(20)26-31(29,30)21(6-7-21)10-14(28)11-27/h4-5,8-9,14,25-28H,3,6-7,10-11H2,1-2H3. The molecule has 1 aliphatic carbocycles. The maximum absolute atomic E-state index is 14.7. The molecule has 1 atom stereocenters. The quantitative estimate of drug-likeness (QED) is 0.459. The van der Waals surface area contributed by atoms with Gasteiger partial charge in [-0.05, 0) is 61.9 Å². The number of rotatable bonds is 9. The molecule has 0 amide bonds. The summed E-state index contributed by atoms with van der Waals surface area (Å²) < 4.78 is 70.2. The highest BCUT2D eigenvalue weighted by molar-refractivity contribution is 7.94. The summed E-state index contributed by atoms with van der Waals surface area (Å²) in [4.78, 5) is 0. The summed E-state index contributed by atoms with van der Waals surface area (Å²) >= 11 is 0. The van der Waals surface area contributed by atoms with Gasteiger partial charge in [-0.3, -0.25) is 4.72 Å². The van der Waals surface area contributed by atoms with Gasteiger partial charge >= 0.3 is 0 Å². The molecule has 1 unspecified atom stereocenters. The molecule has 0 saturated heterocycles. The summed E-state index contributed by atoms with van der Waals surface area (Å²) in [5.74, 6) is -3.27. The zero-order chi connectivity index (χ0) is 23.0. The molecule has 0 aliphatic heterocycles. The first-order chi connectivity index (χ1) is 14.5. The van der Waals surface area contributed by atoms with Crippen molar-refractivity contribution in [2.45, 2.75) is 50.4 Å². The molecule has 0 radical (unpaired) electrons. The largest absolute Gasteiger partial charge is 0.394 e. The number of nitrogens with one attached hydrogen (secondary N) is 2. The van der Waals surface area contributed by atoms with E-state index in [1.54, 1.807) is 6.07 Å². The average molecular weight is 459 g/mol. The van der Waals surface area contributed by atoms with Gasteiger partial charge in [0.2, 0.25) is 10.0 Å². The van der Waals surface area contributed by atoms with E-state index in [1.165, 1.54) is 19.1 Å². The normalized spacial score (nSPS) is 16.1. The van der Waals surface area contributed by atoms with Crippen LogP contribution in [0.3, 0.4) is 0 Å². The summed E-state index contributed by atoms with van der Waals surface area (Å²) in [6.45, 7) is 2.64. The Kier molecular flexibility index (Phi) is 6.54. The third-order valence-corrected chi connectivity index (χ3v) is 7.74. The number of aliphatic hydroxyl groups is 2. The van der Waals surface area contributed by atoms with Gasteiger partial charge in [0.1, 0.15) is 11.5 Å². The minimum atomic E-state index is -4.14. The lowest BCUT2D eigenvalue weighted by Gasteiger charge is -2.23. The van der Waals surface area contributed by atoms with Crippen molar-refractivity contribution in [1.82, 2.24) is 0 Å². The summed E-state index contributed by atoms with van der Waals surface area (Å²) in [6, 6.07) is 5.09. The predicted molar refractivity (Wildman–Crippen MR) is 112 cm³/mol. The number of benzene rings is 2. The zero-order valence-electron chi connectivity index (χ0n) is 17.2. The Morgan fingerprint density at radius 2 is 1.81 bits per heavy atom. The summed E-state index contributed by atoms with van der Waals surface area (Å²) in [5.41, 5.74) is -0.129. The molecule has 6 nitrogen and oxygen atoms in total. The first-order valence-electron chi connectivity index (χ1n) is 9.89. The molecule has 1 aliphatic rings. The minimum Gasteiger partial charge on any atom is -0.394 e. The fraction of sp³-hybridized carbons (Fsp3) is 0.429. The van der Waals surface area contributed by atoms with Gasteiger partial charge < -0.3 is 15.5 Å². The highest BCUT2D eigenvalue weighted by Gasteiger charge is 2.55. The fourth-order valence-electron chi connectivity index (χ4n) is 3.47. The van der Waals surface area contributed by atoms with E-state index in [1.807, 2.05) is 6.92 Å². The Morgan fingerprint density at radius 3 is 2.35 bits per heavy atom. The third kappa shape index (κ3) is 4.65. The van der Waals surface area contributed by atoms with Crippen LogP contribution in [0.4, 0.5) is 30.2 Å². The van der Waals surface area contributed by atoms with Crippen molar-refractivity contribution in [3.8, 4) is 0 Å². The van der Waals surface area contributed by atoms with Crippen molar-refractivity contribution in [1.29, 1.82) is 0 Å². The molecule has 170 valence electrons. The molecule has 0 heterocycles. The number of hydrogen-bond acceptors (Lipinski definition) is 5.